The van der Waals surface area contributed by atoms with Crippen LogP contribution < -0.4 is 21.1 Å². The van der Waals surface area contributed by atoms with Crippen molar-refractivity contribution in [2.45, 2.75) is 6.42 Å². The van der Waals surface area contributed by atoms with Crippen molar-refractivity contribution in [3.05, 3.63) is 87.3 Å². The number of nitrogens with zero attached hydrogens (tertiary/aromatic N) is 1. The summed E-state index contributed by atoms with van der Waals surface area (Å²) in [4.78, 5) is 29.7. The predicted molar refractivity (Wildman–Crippen MR) is 119 cm³/mol. The molecule has 7 heteroatoms. The molecule has 0 fully saturated rings. The fourth-order valence-corrected chi connectivity index (χ4v) is 3.15. The van der Waals surface area contributed by atoms with Gasteiger partial charge < -0.3 is 20.5 Å². The first-order valence-corrected chi connectivity index (χ1v) is 9.60. The third-order valence-corrected chi connectivity index (χ3v) is 4.66. The minimum absolute atomic E-state index is 0.0499. The molecule has 0 aliphatic heterocycles. The lowest BCUT2D eigenvalue weighted by molar-refractivity contribution is 0.102. The van der Waals surface area contributed by atoms with Crippen molar-refractivity contribution in [3.63, 3.8) is 0 Å². The molecule has 0 aliphatic carbocycles. The van der Waals surface area contributed by atoms with Crippen molar-refractivity contribution in [2.75, 3.05) is 36.2 Å². The van der Waals surface area contributed by atoms with Crippen molar-refractivity contribution < 1.29 is 4.79 Å². The first-order chi connectivity index (χ1) is 13.9. The highest BCUT2D eigenvalue weighted by Gasteiger charge is 2.16. The molecule has 0 saturated heterocycles. The van der Waals surface area contributed by atoms with Crippen LogP contribution in [0.15, 0.2) is 65.6 Å². The molecule has 3 N–H and O–H groups in total. The van der Waals surface area contributed by atoms with E-state index in [4.69, 9.17) is 11.6 Å². The second-order valence-electron chi connectivity index (χ2n) is 6.80. The fraction of sp³-hybridized carbons (Fsp3) is 0.182. The lowest BCUT2D eigenvalue weighted by Crippen LogP contribution is -2.25. The largest absolute Gasteiger partial charge is 0.384 e. The molecule has 0 radical (unpaired) electrons. The molecule has 0 saturated carbocycles. The van der Waals surface area contributed by atoms with Gasteiger partial charge in [0.1, 0.15) is 5.56 Å². The number of anilines is 3. The Hall–Kier alpha value is -3.25. The van der Waals surface area contributed by atoms with Crippen molar-refractivity contribution >= 4 is 34.6 Å². The van der Waals surface area contributed by atoms with E-state index in [1.54, 1.807) is 12.1 Å². The number of pyridine rings is 1. The van der Waals surface area contributed by atoms with Gasteiger partial charge in [-0.1, -0.05) is 29.8 Å². The fourth-order valence-electron chi connectivity index (χ4n) is 2.94. The van der Waals surface area contributed by atoms with E-state index in [-0.39, 0.29) is 5.56 Å². The number of benzene rings is 2. The van der Waals surface area contributed by atoms with Gasteiger partial charge in [-0.2, -0.15) is 0 Å². The van der Waals surface area contributed by atoms with Gasteiger partial charge in [0.2, 0.25) is 0 Å². The van der Waals surface area contributed by atoms with Crippen LogP contribution >= 0.6 is 11.6 Å². The smallest absolute Gasteiger partial charge is 0.263 e. The van der Waals surface area contributed by atoms with E-state index in [0.29, 0.717) is 29.4 Å². The summed E-state index contributed by atoms with van der Waals surface area (Å²) < 4.78 is 0. The maximum absolute atomic E-state index is 12.8. The molecule has 0 atom stereocenters. The van der Waals surface area contributed by atoms with E-state index in [1.807, 2.05) is 61.5 Å². The third kappa shape index (κ3) is 5.39. The second kappa shape index (κ2) is 9.30. The summed E-state index contributed by atoms with van der Waals surface area (Å²) >= 11 is 6.01. The van der Waals surface area contributed by atoms with Crippen LogP contribution in [0, 0.1) is 0 Å². The third-order valence-electron chi connectivity index (χ3n) is 4.43. The Morgan fingerprint density at radius 3 is 2.66 bits per heavy atom. The van der Waals surface area contributed by atoms with E-state index in [2.05, 4.69) is 15.6 Å². The topological polar surface area (TPSA) is 77.2 Å². The second-order valence-corrected chi connectivity index (χ2v) is 7.24. The van der Waals surface area contributed by atoms with E-state index in [0.717, 1.165) is 11.3 Å². The van der Waals surface area contributed by atoms with Crippen LogP contribution in [0.1, 0.15) is 15.9 Å². The SMILES string of the molecule is CN(C)c1cccc(NC(=O)c2c(NCCc3cccc(Cl)c3)cc[nH]c2=O)c1. The summed E-state index contributed by atoms with van der Waals surface area (Å²) in [6.07, 6.45) is 2.23. The number of hydrogen-bond acceptors (Lipinski definition) is 4. The van der Waals surface area contributed by atoms with Crippen LogP contribution in [-0.2, 0) is 6.42 Å². The average molecular weight is 411 g/mol. The highest BCUT2D eigenvalue weighted by atomic mass is 35.5. The first-order valence-electron chi connectivity index (χ1n) is 9.23. The summed E-state index contributed by atoms with van der Waals surface area (Å²) in [6, 6.07) is 16.7. The minimum Gasteiger partial charge on any atom is -0.384 e. The molecule has 2 aromatic carbocycles. The monoisotopic (exact) mass is 410 g/mol. The number of carbonyl (C=O) groups excluding carboxylic acids is 1. The number of amides is 1. The van der Waals surface area contributed by atoms with Gasteiger partial charge in [-0.15, -0.1) is 0 Å². The van der Waals surface area contributed by atoms with Crippen molar-refractivity contribution in [1.29, 1.82) is 0 Å². The van der Waals surface area contributed by atoms with Gasteiger partial charge in [-0.05, 0) is 48.4 Å². The van der Waals surface area contributed by atoms with Crippen molar-refractivity contribution in [3.8, 4) is 0 Å². The predicted octanol–water partition coefficient (Wildman–Crippen LogP) is 4.00. The molecular weight excluding hydrogens is 388 g/mol. The van der Waals surface area contributed by atoms with Gasteiger partial charge in [-0.25, -0.2) is 0 Å². The summed E-state index contributed by atoms with van der Waals surface area (Å²) in [5.41, 5.74) is 2.73. The standard InChI is InChI=1S/C22H23ClN4O2/c1-27(2)18-8-4-7-17(14-18)26-22(29)20-19(10-12-25-21(20)28)24-11-9-15-5-3-6-16(23)13-15/h3-8,10,12-14H,9,11H2,1-2H3,(H,26,29)(H2,24,25,28). The molecule has 1 amide bonds. The normalized spacial score (nSPS) is 10.4. The van der Waals surface area contributed by atoms with E-state index < -0.39 is 11.5 Å². The number of halogens is 1. The quantitative estimate of drug-likeness (QED) is 0.550. The number of hydrogen-bond donors (Lipinski definition) is 3. The van der Waals surface area contributed by atoms with Gasteiger partial charge in [0.25, 0.3) is 11.5 Å². The summed E-state index contributed by atoms with van der Waals surface area (Å²) in [7, 11) is 3.84. The van der Waals surface area contributed by atoms with Crippen LogP contribution in [0.3, 0.4) is 0 Å². The molecule has 1 heterocycles. The van der Waals surface area contributed by atoms with Gasteiger partial charge in [-0.3, -0.25) is 9.59 Å². The highest BCUT2D eigenvalue weighted by Crippen LogP contribution is 2.19. The molecule has 3 rings (SSSR count). The Morgan fingerprint density at radius 2 is 1.90 bits per heavy atom. The maximum atomic E-state index is 12.8. The summed E-state index contributed by atoms with van der Waals surface area (Å²) in [5, 5.41) is 6.67. The van der Waals surface area contributed by atoms with Crippen LogP contribution in [0.2, 0.25) is 5.02 Å². The number of nitrogens with one attached hydrogen (secondary N) is 3. The van der Waals surface area contributed by atoms with Gasteiger partial charge in [0.05, 0.1) is 5.69 Å². The molecule has 29 heavy (non-hydrogen) atoms. The molecule has 1 aromatic heterocycles. The number of H-pyrrole nitrogens is 1. The number of carbonyl (C=O) groups is 1. The Labute approximate surface area is 174 Å². The maximum Gasteiger partial charge on any atom is 0.263 e. The zero-order chi connectivity index (χ0) is 20.8. The molecule has 0 aliphatic rings. The Bertz CT molecular complexity index is 1060. The van der Waals surface area contributed by atoms with E-state index in [9.17, 15) is 9.59 Å². The van der Waals surface area contributed by atoms with Gasteiger partial charge in [0, 0.05) is 43.2 Å². The molecule has 150 valence electrons. The van der Waals surface area contributed by atoms with Gasteiger partial charge in [0.15, 0.2) is 0 Å². The van der Waals surface area contributed by atoms with Crippen LogP contribution in [0.25, 0.3) is 0 Å². The van der Waals surface area contributed by atoms with Crippen LogP contribution in [0.4, 0.5) is 17.1 Å². The lowest BCUT2D eigenvalue weighted by Gasteiger charge is -2.15. The Balaban J connectivity index is 1.74. The molecule has 0 unspecified atom stereocenters. The Kier molecular flexibility index (Phi) is 6.57. The van der Waals surface area contributed by atoms with Crippen molar-refractivity contribution in [1.82, 2.24) is 4.98 Å². The Morgan fingerprint density at radius 1 is 1.10 bits per heavy atom. The van der Waals surface area contributed by atoms with Crippen LogP contribution in [-0.4, -0.2) is 31.5 Å². The molecule has 3 aromatic rings. The molecule has 6 nitrogen and oxygen atoms in total. The molecular formula is C22H23ClN4O2. The van der Waals surface area contributed by atoms with E-state index in [1.165, 1.54) is 6.20 Å². The molecule has 0 bridgehead atoms. The van der Waals surface area contributed by atoms with Crippen LogP contribution in [0.5, 0.6) is 0 Å². The van der Waals surface area contributed by atoms with E-state index >= 15 is 0 Å². The van der Waals surface area contributed by atoms with Gasteiger partial charge >= 0.3 is 0 Å². The first kappa shape index (κ1) is 20.5. The minimum atomic E-state index is -0.465. The van der Waals surface area contributed by atoms with Crippen molar-refractivity contribution in [2.24, 2.45) is 0 Å². The summed E-state index contributed by atoms with van der Waals surface area (Å²) in [6.45, 7) is 0.556. The zero-order valence-corrected chi connectivity index (χ0v) is 17.1. The lowest BCUT2D eigenvalue weighted by atomic mass is 10.1. The number of aromatic amines is 1. The highest BCUT2D eigenvalue weighted by molar-refractivity contribution is 6.30. The number of rotatable bonds is 7. The zero-order valence-electron chi connectivity index (χ0n) is 16.3. The number of aromatic nitrogens is 1. The summed E-state index contributed by atoms with van der Waals surface area (Å²) in [5.74, 6) is -0.465. The average Bonchev–Trinajstić information content (AvgIpc) is 2.68. The molecule has 0 spiro atoms.